The summed E-state index contributed by atoms with van der Waals surface area (Å²) in [6.07, 6.45) is 5.19. The zero-order chi connectivity index (χ0) is 14.5. The molecule has 20 heavy (non-hydrogen) atoms. The van der Waals surface area contributed by atoms with Crippen LogP contribution in [-0.2, 0) is 0 Å². The number of nitrogens with zero attached hydrogens (tertiary/aromatic N) is 2. The standard InChI is InChI=1S/C15H20ClN3O/c16-13-9-15(14(18)8-11(13)10-17)19-6-2-1-4-12(19)5-3-7-20/h8-9,12,20H,1-7,18H2. The van der Waals surface area contributed by atoms with Crippen LogP contribution in [0.25, 0.3) is 0 Å². The van der Waals surface area contributed by atoms with Crippen molar-refractivity contribution in [1.29, 1.82) is 5.26 Å². The predicted molar refractivity (Wildman–Crippen MR) is 81.9 cm³/mol. The van der Waals surface area contributed by atoms with Gasteiger partial charge in [-0.15, -0.1) is 0 Å². The van der Waals surface area contributed by atoms with Crippen molar-refractivity contribution in [1.82, 2.24) is 0 Å². The summed E-state index contributed by atoms with van der Waals surface area (Å²) in [6, 6.07) is 5.89. The number of hydrogen-bond acceptors (Lipinski definition) is 4. The zero-order valence-corrected chi connectivity index (χ0v) is 12.2. The first-order chi connectivity index (χ1) is 9.67. The van der Waals surface area contributed by atoms with Gasteiger partial charge in [0.25, 0.3) is 0 Å². The molecule has 0 aliphatic carbocycles. The number of aliphatic hydroxyl groups is 1. The Morgan fingerprint density at radius 2 is 2.25 bits per heavy atom. The Kier molecular flexibility index (Phi) is 5.11. The van der Waals surface area contributed by atoms with Gasteiger partial charge in [-0.05, 0) is 44.2 Å². The first kappa shape index (κ1) is 15.0. The first-order valence-electron chi connectivity index (χ1n) is 7.04. The zero-order valence-electron chi connectivity index (χ0n) is 11.5. The summed E-state index contributed by atoms with van der Waals surface area (Å²) in [4.78, 5) is 2.28. The van der Waals surface area contributed by atoms with Gasteiger partial charge >= 0.3 is 0 Å². The van der Waals surface area contributed by atoms with Crippen molar-refractivity contribution >= 4 is 23.0 Å². The third-order valence-electron chi connectivity index (χ3n) is 3.87. The number of halogens is 1. The summed E-state index contributed by atoms with van der Waals surface area (Å²) in [6.45, 7) is 1.16. The molecule has 108 valence electrons. The fourth-order valence-electron chi connectivity index (χ4n) is 2.86. The predicted octanol–water partition coefficient (Wildman–Crippen LogP) is 2.93. The molecule has 0 spiro atoms. The van der Waals surface area contributed by atoms with Gasteiger partial charge in [-0.1, -0.05) is 11.6 Å². The van der Waals surface area contributed by atoms with Crippen LogP contribution < -0.4 is 10.6 Å². The Bertz CT molecular complexity index is 513. The van der Waals surface area contributed by atoms with E-state index in [0.717, 1.165) is 37.9 Å². The van der Waals surface area contributed by atoms with E-state index in [9.17, 15) is 0 Å². The van der Waals surface area contributed by atoms with Crippen molar-refractivity contribution in [2.75, 3.05) is 23.8 Å². The molecular weight excluding hydrogens is 274 g/mol. The van der Waals surface area contributed by atoms with Crippen LogP contribution in [0.15, 0.2) is 12.1 Å². The van der Waals surface area contributed by atoms with Crippen LogP contribution in [0.5, 0.6) is 0 Å². The van der Waals surface area contributed by atoms with Gasteiger partial charge in [0.15, 0.2) is 0 Å². The van der Waals surface area contributed by atoms with Crippen LogP contribution in [-0.4, -0.2) is 24.3 Å². The van der Waals surface area contributed by atoms with Crippen molar-refractivity contribution in [3.05, 3.63) is 22.7 Å². The largest absolute Gasteiger partial charge is 0.397 e. The molecular formula is C15H20ClN3O. The molecule has 4 nitrogen and oxygen atoms in total. The van der Waals surface area contributed by atoms with Crippen LogP contribution in [0.4, 0.5) is 11.4 Å². The maximum absolute atomic E-state index is 9.02. The molecule has 1 saturated heterocycles. The Balaban J connectivity index is 2.28. The van der Waals surface area contributed by atoms with E-state index in [4.69, 9.17) is 27.7 Å². The molecule has 0 radical (unpaired) electrons. The highest BCUT2D eigenvalue weighted by molar-refractivity contribution is 6.32. The minimum Gasteiger partial charge on any atom is -0.397 e. The van der Waals surface area contributed by atoms with Crippen LogP contribution in [0.2, 0.25) is 5.02 Å². The van der Waals surface area contributed by atoms with E-state index in [-0.39, 0.29) is 6.61 Å². The van der Waals surface area contributed by atoms with Gasteiger partial charge in [0, 0.05) is 19.2 Å². The van der Waals surface area contributed by atoms with E-state index in [1.807, 2.05) is 6.07 Å². The fraction of sp³-hybridized carbons (Fsp3) is 0.533. The molecule has 0 saturated carbocycles. The highest BCUT2D eigenvalue weighted by atomic mass is 35.5. The average Bonchev–Trinajstić information content (AvgIpc) is 2.47. The Morgan fingerprint density at radius 1 is 1.45 bits per heavy atom. The summed E-state index contributed by atoms with van der Waals surface area (Å²) < 4.78 is 0. The monoisotopic (exact) mass is 293 g/mol. The number of rotatable bonds is 4. The summed E-state index contributed by atoms with van der Waals surface area (Å²) in [5, 5.41) is 18.4. The van der Waals surface area contributed by atoms with E-state index < -0.39 is 0 Å². The van der Waals surface area contributed by atoms with E-state index in [2.05, 4.69) is 4.90 Å². The molecule has 0 bridgehead atoms. The van der Waals surface area contributed by atoms with E-state index in [1.165, 1.54) is 6.42 Å². The molecule has 1 unspecified atom stereocenters. The molecule has 1 atom stereocenters. The molecule has 5 heteroatoms. The third kappa shape index (κ3) is 3.17. The van der Waals surface area contributed by atoms with Gasteiger partial charge in [0.2, 0.25) is 0 Å². The average molecular weight is 294 g/mol. The highest BCUT2D eigenvalue weighted by Gasteiger charge is 2.24. The minimum absolute atomic E-state index is 0.216. The highest BCUT2D eigenvalue weighted by Crippen LogP contribution is 2.35. The van der Waals surface area contributed by atoms with Gasteiger partial charge in [-0.3, -0.25) is 0 Å². The second kappa shape index (κ2) is 6.83. The van der Waals surface area contributed by atoms with Gasteiger partial charge in [-0.2, -0.15) is 5.26 Å². The Morgan fingerprint density at radius 3 is 2.95 bits per heavy atom. The maximum Gasteiger partial charge on any atom is 0.101 e. The van der Waals surface area contributed by atoms with E-state index >= 15 is 0 Å². The summed E-state index contributed by atoms with van der Waals surface area (Å²) in [5.41, 5.74) is 8.01. The number of piperidine rings is 1. The van der Waals surface area contributed by atoms with Crippen LogP contribution in [0.3, 0.4) is 0 Å². The van der Waals surface area contributed by atoms with Crippen molar-refractivity contribution in [2.45, 2.75) is 38.1 Å². The molecule has 3 N–H and O–H groups in total. The van der Waals surface area contributed by atoms with Gasteiger partial charge in [0.1, 0.15) is 6.07 Å². The lowest BCUT2D eigenvalue weighted by Crippen LogP contribution is -2.40. The number of nitrogen functional groups attached to an aromatic ring is 1. The van der Waals surface area contributed by atoms with E-state index in [0.29, 0.717) is 22.3 Å². The number of aliphatic hydroxyl groups excluding tert-OH is 1. The number of anilines is 2. The Hall–Kier alpha value is -1.44. The van der Waals surface area contributed by atoms with Crippen LogP contribution in [0, 0.1) is 11.3 Å². The van der Waals surface area contributed by atoms with Crippen molar-refractivity contribution in [3.8, 4) is 6.07 Å². The van der Waals surface area contributed by atoms with Crippen molar-refractivity contribution in [3.63, 3.8) is 0 Å². The molecule has 0 amide bonds. The molecule has 0 aromatic heterocycles. The number of nitrogens with two attached hydrogens (primary N) is 1. The third-order valence-corrected chi connectivity index (χ3v) is 4.18. The van der Waals surface area contributed by atoms with Gasteiger partial charge in [0.05, 0.1) is 22.0 Å². The normalized spacial score (nSPS) is 18.9. The first-order valence-corrected chi connectivity index (χ1v) is 7.41. The maximum atomic E-state index is 9.02. The van der Waals surface area contributed by atoms with E-state index in [1.54, 1.807) is 12.1 Å². The van der Waals surface area contributed by atoms with Crippen LogP contribution >= 0.6 is 11.6 Å². The molecule has 1 aromatic carbocycles. The second-order valence-corrected chi connectivity index (χ2v) is 5.62. The number of hydrogen-bond donors (Lipinski definition) is 2. The Labute approximate surface area is 124 Å². The molecule has 1 aliphatic rings. The second-order valence-electron chi connectivity index (χ2n) is 5.21. The molecule has 1 fully saturated rings. The lowest BCUT2D eigenvalue weighted by Gasteiger charge is -2.38. The van der Waals surface area contributed by atoms with Crippen molar-refractivity contribution in [2.24, 2.45) is 0 Å². The number of benzene rings is 1. The molecule has 1 heterocycles. The van der Waals surface area contributed by atoms with Crippen LogP contribution in [0.1, 0.15) is 37.7 Å². The summed E-state index contributed by atoms with van der Waals surface area (Å²) in [7, 11) is 0. The number of nitriles is 1. The fourth-order valence-corrected chi connectivity index (χ4v) is 3.06. The van der Waals surface area contributed by atoms with Crippen molar-refractivity contribution < 1.29 is 5.11 Å². The molecule has 1 aromatic rings. The lowest BCUT2D eigenvalue weighted by molar-refractivity contribution is 0.273. The topological polar surface area (TPSA) is 73.3 Å². The van der Waals surface area contributed by atoms with Gasteiger partial charge < -0.3 is 15.7 Å². The smallest absolute Gasteiger partial charge is 0.101 e. The quantitative estimate of drug-likeness (QED) is 0.837. The summed E-state index contributed by atoms with van der Waals surface area (Å²) >= 11 is 6.13. The SMILES string of the molecule is N#Cc1cc(N)c(N2CCCCC2CCCO)cc1Cl. The molecule has 1 aliphatic heterocycles. The molecule has 2 rings (SSSR count). The summed E-state index contributed by atoms with van der Waals surface area (Å²) in [5.74, 6) is 0. The van der Waals surface area contributed by atoms with Gasteiger partial charge in [-0.25, -0.2) is 0 Å². The lowest BCUT2D eigenvalue weighted by atomic mass is 9.96. The minimum atomic E-state index is 0.216.